The van der Waals surface area contributed by atoms with Crippen LogP contribution in [0.2, 0.25) is 0 Å². The van der Waals surface area contributed by atoms with E-state index in [1.54, 1.807) is 0 Å². The summed E-state index contributed by atoms with van der Waals surface area (Å²) in [6.07, 6.45) is 6.09. The highest BCUT2D eigenvalue weighted by Crippen LogP contribution is 2.41. The summed E-state index contributed by atoms with van der Waals surface area (Å²) in [5.74, 6) is 1.67. The summed E-state index contributed by atoms with van der Waals surface area (Å²) in [6, 6.07) is 23.8. The van der Waals surface area contributed by atoms with E-state index in [1.165, 1.54) is 36.0 Å². The van der Waals surface area contributed by atoms with Crippen molar-refractivity contribution < 1.29 is 0 Å². The minimum atomic E-state index is 0.249. The van der Waals surface area contributed by atoms with Crippen molar-refractivity contribution in [2.45, 2.75) is 31.4 Å². The van der Waals surface area contributed by atoms with Crippen molar-refractivity contribution >= 4 is 15.7 Å². The van der Waals surface area contributed by atoms with E-state index in [0.29, 0.717) is 0 Å². The van der Waals surface area contributed by atoms with Crippen LogP contribution < -0.4 is 0 Å². The van der Waals surface area contributed by atoms with Gasteiger partial charge in [-0.05, 0) is 29.9 Å². The standard InChI is InChI=1S/C24H27B2N/c1-17-7-11-22(15-17)24(25,26)21-12-8-18(9-13-21)20-10-14-23(27-16-20)19-5-3-2-4-6-19/h2-6,8-10,12-14,16-17,22H,7,11,15,25-26H2,1H3. The van der Waals surface area contributed by atoms with Gasteiger partial charge >= 0.3 is 0 Å². The molecule has 1 aromatic heterocycles. The van der Waals surface area contributed by atoms with Crippen LogP contribution in [0.15, 0.2) is 72.9 Å². The third kappa shape index (κ3) is 3.74. The van der Waals surface area contributed by atoms with Gasteiger partial charge in [0.05, 0.1) is 5.69 Å². The fourth-order valence-electron chi connectivity index (χ4n) is 4.53. The lowest BCUT2D eigenvalue weighted by atomic mass is 9.45. The molecule has 3 heteroatoms. The Balaban J connectivity index is 1.54. The van der Waals surface area contributed by atoms with E-state index >= 15 is 0 Å². The van der Waals surface area contributed by atoms with Crippen LogP contribution in [-0.4, -0.2) is 20.7 Å². The van der Waals surface area contributed by atoms with Gasteiger partial charge in [0.15, 0.2) is 0 Å². The van der Waals surface area contributed by atoms with Crippen molar-refractivity contribution in [2.75, 3.05) is 0 Å². The Bertz CT molecular complexity index is 886. The molecule has 1 nitrogen and oxygen atoms in total. The second-order valence-electron chi connectivity index (χ2n) is 8.71. The molecular weight excluding hydrogens is 324 g/mol. The summed E-state index contributed by atoms with van der Waals surface area (Å²) in [6.45, 7) is 2.39. The average Bonchev–Trinajstić information content (AvgIpc) is 3.16. The number of benzene rings is 2. The lowest BCUT2D eigenvalue weighted by Crippen LogP contribution is -2.35. The predicted molar refractivity (Wildman–Crippen MR) is 120 cm³/mol. The Morgan fingerprint density at radius 3 is 2.11 bits per heavy atom. The molecule has 2 aromatic carbocycles. The smallest absolute Gasteiger partial charge is 0.105 e. The van der Waals surface area contributed by atoms with Crippen molar-refractivity contribution in [1.82, 2.24) is 4.98 Å². The molecule has 0 aliphatic heterocycles. The topological polar surface area (TPSA) is 12.9 Å². The monoisotopic (exact) mass is 351 g/mol. The number of aromatic nitrogens is 1. The molecule has 1 fully saturated rings. The molecule has 134 valence electrons. The van der Waals surface area contributed by atoms with Gasteiger partial charge in [0.25, 0.3) is 0 Å². The molecule has 3 aromatic rings. The summed E-state index contributed by atoms with van der Waals surface area (Å²) >= 11 is 0. The molecule has 2 unspecified atom stereocenters. The van der Waals surface area contributed by atoms with E-state index in [0.717, 1.165) is 23.1 Å². The van der Waals surface area contributed by atoms with Crippen LogP contribution in [0.25, 0.3) is 22.4 Å². The van der Waals surface area contributed by atoms with Crippen LogP contribution >= 0.6 is 0 Å². The highest BCUT2D eigenvalue weighted by atomic mass is 14.7. The summed E-state index contributed by atoms with van der Waals surface area (Å²) in [5, 5.41) is 0.249. The maximum Gasteiger partial charge on any atom is 0.105 e. The molecule has 1 saturated carbocycles. The molecule has 2 atom stereocenters. The first-order chi connectivity index (χ1) is 13.0. The number of rotatable bonds is 4. The van der Waals surface area contributed by atoms with E-state index in [2.05, 4.69) is 88.3 Å². The normalized spacial score (nSPS) is 19.9. The molecule has 0 N–H and O–H groups in total. The summed E-state index contributed by atoms with van der Waals surface area (Å²) in [5.41, 5.74) is 6.05. The summed E-state index contributed by atoms with van der Waals surface area (Å²) in [7, 11) is 4.84. The van der Waals surface area contributed by atoms with Gasteiger partial charge in [-0.25, -0.2) is 0 Å². The fraction of sp³-hybridized carbons (Fsp3) is 0.292. The molecule has 0 spiro atoms. The highest BCUT2D eigenvalue weighted by molar-refractivity contribution is 6.40. The minimum Gasteiger partial charge on any atom is -0.256 e. The highest BCUT2D eigenvalue weighted by Gasteiger charge is 2.35. The van der Waals surface area contributed by atoms with E-state index in [1.807, 2.05) is 12.3 Å². The third-order valence-corrected chi connectivity index (χ3v) is 6.51. The predicted octanol–water partition coefficient (Wildman–Crippen LogP) is 4.27. The van der Waals surface area contributed by atoms with Crippen LogP contribution in [0.1, 0.15) is 31.7 Å². The first kappa shape index (κ1) is 18.1. The van der Waals surface area contributed by atoms with Gasteiger partial charge in [0.1, 0.15) is 15.7 Å². The van der Waals surface area contributed by atoms with Gasteiger partial charge in [-0.3, -0.25) is 4.98 Å². The lowest BCUT2D eigenvalue weighted by molar-refractivity contribution is 0.464. The van der Waals surface area contributed by atoms with Crippen molar-refractivity contribution in [2.24, 2.45) is 11.8 Å². The number of hydrogen-bond donors (Lipinski definition) is 0. The van der Waals surface area contributed by atoms with Crippen LogP contribution in [-0.2, 0) is 5.21 Å². The van der Waals surface area contributed by atoms with Gasteiger partial charge in [-0.2, -0.15) is 0 Å². The molecular formula is C24H27B2N. The molecule has 0 bridgehead atoms. The fourth-order valence-corrected chi connectivity index (χ4v) is 4.53. The Morgan fingerprint density at radius 2 is 1.52 bits per heavy atom. The lowest BCUT2D eigenvalue weighted by Gasteiger charge is -2.33. The Morgan fingerprint density at radius 1 is 0.815 bits per heavy atom. The van der Waals surface area contributed by atoms with Crippen LogP contribution in [0.3, 0.4) is 0 Å². The quantitative estimate of drug-likeness (QED) is 0.640. The second-order valence-corrected chi connectivity index (χ2v) is 8.71. The maximum atomic E-state index is 4.67. The minimum absolute atomic E-state index is 0.249. The molecule has 4 rings (SSSR count). The number of pyridine rings is 1. The summed E-state index contributed by atoms with van der Waals surface area (Å²) < 4.78 is 0. The zero-order valence-electron chi connectivity index (χ0n) is 16.7. The Labute approximate surface area is 165 Å². The first-order valence-corrected chi connectivity index (χ1v) is 10.2. The third-order valence-electron chi connectivity index (χ3n) is 6.51. The van der Waals surface area contributed by atoms with E-state index in [9.17, 15) is 0 Å². The van der Waals surface area contributed by atoms with Crippen molar-refractivity contribution in [3.63, 3.8) is 0 Å². The molecule has 1 aliphatic carbocycles. The molecule has 0 amide bonds. The van der Waals surface area contributed by atoms with Crippen molar-refractivity contribution in [1.29, 1.82) is 0 Å². The number of hydrogen-bond acceptors (Lipinski definition) is 1. The van der Waals surface area contributed by atoms with Crippen LogP contribution in [0, 0.1) is 11.8 Å². The van der Waals surface area contributed by atoms with Gasteiger partial charge in [-0.15, -0.1) is 0 Å². The van der Waals surface area contributed by atoms with Crippen LogP contribution in [0.5, 0.6) is 0 Å². The first-order valence-electron chi connectivity index (χ1n) is 10.2. The molecule has 1 heterocycles. The van der Waals surface area contributed by atoms with Gasteiger partial charge in [0, 0.05) is 17.3 Å². The van der Waals surface area contributed by atoms with E-state index < -0.39 is 0 Å². The van der Waals surface area contributed by atoms with Gasteiger partial charge < -0.3 is 0 Å². The maximum absolute atomic E-state index is 4.67. The zero-order valence-corrected chi connectivity index (χ0v) is 16.7. The SMILES string of the molecule is BC(B)(c1ccc(-c2ccc(-c3ccccc3)nc2)cc1)C1CCC(C)C1. The Kier molecular flexibility index (Phi) is 4.95. The van der Waals surface area contributed by atoms with Crippen LogP contribution in [0.4, 0.5) is 0 Å². The van der Waals surface area contributed by atoms with Crippen molar-refractivity contribution in [3.05, 3.63) is 78.5 Å². The Hall–Kier alpha value is -2.28. The molecule has 27 heavy (non-hydrogen) atoms. The summed E-state index contributed by atoms with van der Waals surface area (Å²) in [4.78, 5) is 4.67. The second kappa shape index (κ2) is 7.38. The zero-order chi connectivity index (χ0) is 18.9. The molecule has 1 aliphatic rings. The van der Waals surface area contributed by atoms with E-state index in [-0.39, 0.29) is 5.21 Å². The largest absolute Gasteiger partial charge is 0.256 e. The van der Waals surface area contributed by atoms with Gasteiger partial charge in [0.2, 0.25) is 0 Å². The molecule has 0 saturated heterocycles. The van der Waals surface area contributed by atoms with E-state index in [4.69, 9.17) is 0 Å². The van der Waals surface area contributed by atoms with Crippen molar-refractivity contribution in [3.8, 4) is 22.4 Å². The average molecular weight is 351 g/mol. The molecule has 0 radical (unpaired) electrons. The number of nitrogens with zero attached hydrogens (tertiary/aromatic N) is 1. The van der Waals surface area contributed by atoms with Gasteiger partial charge in [-0.1, -0.05) is 91.2 Å².